The number of hydrogen-bond donors (Lipinski definition) is 0. The van der Waals surface area contributed by atoms with Gasteiger partial charge in [0.1, 0.15) is 0 Å². The highest BCUT2D eigenvalue weighted by Gasteiger charge is 2.16. The lowest BCUT2D eigenvalue weighted by Gasteiger charge is -2.17. The number of hydrogen-bond acceptors (Lipinski definition) is 1. The van der Waals surface area contributed by atoms with Crippen LogP contribution < -0.4 is 0 Å². The average molecular weight is 361 g/mol. The summed E-state index contributed by atoms with van der Waals surface area (Å²) in [6.45, 7) is 4.39. The molecule has 1 fully saturated rings. The number of rotatable bonds is 4. The second kappa shape index (κ2) is 7.60. The van der Waals surface area contributed by atoms with Crippen molar-refractivity contribution in [1.82, 2.24) is 9.47 Å². The Hall–Kier alpha value is -1.48. The lowest BCUT2D eigenvalue weighted by Crippen LogP contribution is -2.20. The molecule has 4 heteroatoms. The van der Waals surface area contributed by atoms with Gasteiger partial charge in [0.05, 0.1) is 0 Å². The summed E-state index contributed by atoms with van der Waals surface area (Å²) in [6.07, 6.45) is 2.66. The number of para-hydroxylation sites is 1. The molecular weight excluding hydrogens is 339 g/mol. The Morgan fingerprint density at radius 2 is 1.58 bits per heavy atom. The van der Waals surface area contributed by atoms with Crippen molar-refractivity contribution in [2.75, 3.05) is 13.1 Å². The van der Waals surface area contributed by atoms with E-state index >= 15 is 0 Å². The summed E-state index contributed by atoms with van der Waals surface area (Å²) in [5.41, 5.74) is 4.01. The van der Waals surface area contributed by atoms with Gasteiger partial charge in [0.2, 0.25) is 0 Å². The average Bonchev–Trinajstić information content (AvgIpc) is 3.19. The Morgan fingerprint density at radius 1 is 0.875 bits per heavy atom. The van der Waals surface area contributed by atoms with Gasteiger partial charge in [-0.15, -0.1) is 12.4 Å². The third kappa shape index (κ3) is 3.61. The second-order valence-electron chi connectivity index (χ2n) is 6.39. The maximum absolute atomic E-state index is 6.02. The minimum Gasteiger partial charge on any atom is -0.339 e. The summed E-state index contributed by atoms with van der Waals surface area (Å²) in [7, 11) is 0. The molecule has 24 heavy (non-hydrogen) atoms. The Bertz CT molecular complexity index is 802. The Balaban J connectivity index is 0.00000169. The summed E-state index contributed by atoms with van der Waals surface area (Å²) < 4.78 is 2.46. The van der Waals surface area contributed by atoms with Gasteiger partial charge in [0.25, 0.3) is 0 Å². The van der Waals surface area contributed by atoms with Gasteiger partial charge in [0.15, 0.2) is 0 Å². The van der Waals surface area contributed by atoms with Crippen molar-refractivity contribution < 1.29 is 0 Å². The third-order valence-corrected chi connectivity index (χ3v) is 4.99. The van der Waals surface area contributed by atoms with E-state index in [1.165, 1.54) is 48.1 Å². The minimum absolute atomic E-state index is 0. The van der Waals surface area contributed by atoms with E-state index in [9.17, 15) is 0 Å². The number of likely N-dealkylation sites (tertiary alicyclic amines) is 1. The van der Waals surface area contributed by atoms with Gasteiger partial charge in [-0.25, -0.2) is 0 Å². The number of halogens is 2. The van der Waals surface area contributed by atoms with Crippen LogP contribution in [0.15, 0.2) is 54.6 Å². The molecule has 4 rings (SSSR count). The zero-order valence-electron chi connectivity index (χ0n) is 13.6. The molecular formula is C20H22Cl2N2. The summed E-state index contributed by atoms with van der Waals surface area (Å²) in [4.78, 5) is 2.56. The fourth-order valence-electron chi connectivity index (χ4n) is 3.53. The predicted molar refractivity (Wildman–Crippen MR) is 104 cm³/mol. The van der Waals surface area contributed by atoms with E-state index < -0.39 is 0 Å². The first kappa shape index (κ1) is 17.3. The van der Waals surface area contributed by atoms with Gasteiger partial charge in [-0.3, -0.25) is 4.90 Å². The van der Waals surface area contributed by atoms with E-state index in [2.05, 4.69) is 51.9 Å². The van der Waals surface area contributed by atoms with Gasteiger partial charge < -0.3 is 4.57 Å². The molecule has 0 saturated carbocycles. The van der Waals surface area contributed by atoms with E-state index in [-0.39, 0.29) is 12.4 Å². The standard InChI is InChI=1S/C20H21ClN2.ClH/c21-18-9-7-16(8-10-18)14-23-19(15-22-11-3-4-12-22)13-17-5-1-2-6-20(17)23;/h1-2,5-10,13H,3-4,11-12,14-15H2;1H. The summed E-state index contributed by atoms with van der Waals surface area (Å²) in [5.74, 6) is 0. The first-order chi connectivity index (χ1) is 11.3. The number of nitrogens with zero attached hydrogens (tertiary/aromatic N) is 2. The highest BCUT2D eigenvalue weighted by Crippen LogP contribution is 2.24. The summed E-state index contributed by atoms with van der Waals surface area (Å²) in [5, 5.41) is 2.12. The lowest BCUT2D eigenvalue weighted by molar-refractivity contribution is 0.323. The quantitative estimate of drug-likeness (QED) is 0.607. The zero-order chi connectivity index (χ0) is 15.6. The van der Waals surface area contributed by atoms with Crippen molar-refractivity contribution in [3.05, 3.63) is 70.9 Å². The number of fused-ring (bicyclic) bond motifs is 1. The van der Waals surface area contributed by atoms with Crippen LogP contribution in [0.2, 0.25) is 5.02 Å². The molecule has 2 nitrogen and oxygen atoms in total. The number of benzene rings is 2. The monoisotopic (exact) mass is 360 g/mol. The molecule has 0 unspecified atom stereocenters. The Morgan fingerprint density at radius 3 is 2.33 bits per heavy atom. The van der Waals surface area contributed by atoms with Gasteiger partial charge >= 0.3 is 0 Å². The van der Waals surface area contributed by atoms with E-state index in [1.54, 1.807) is 0 Å². The van der Waals surface area contributed by atoms with Gasteiger partial charge in [-0.05, 0) is 61.1 Å². The van der Waals surface area contributed by atoms with Crippen LogP contribution in [-0.2, 0) is 13.1 Å². The van der Waals surface area contributed by atoms with Crippen LogP contribution in [-0.4, -0.2) is 22.6 Å². The van der Waals surface area contributed by atoms with Crippen LogP contribution in [0, 0.1) is 0 Å². The van der Waals surface area contributed by atoms with Crippen molar-refractivity contribution in [1.29, 1.82) is 0 Å². The van der Waals surface area contributed by atoms with Crippen molar-refractivity contribution in [3.63, 3.8) is 0 Å². The maximum Gasteiger partial charge on any atom is 0.0486 e. The summed E-state index contributed by atoms with van der Waals surface area (Å²) >= 11 is 6.02. The highest BCUT2D eigenvalue weighted by molar-refractivity contribution is 6.30. The van der Waals surface area contributed by atoms with Crippen molar-refractivity contribution >= 4 is 34.9 Å². The molecule has 0 atom stereocenters. The molecule has 3 aromatic rings. The Kier molecular flexibility index (Phi) is 5.50. The molecule has 0 N–H and O–H groups in total. The van der Waals surface area contributed by atoms with E-state index in [0.29, 0.717) is 0 Å². The van der Waals surface area contributed by atoms with Crippen molar-refractivity contribution in [2.24, 2.45) is 0 Å². The van der Waals surface area contributed by atoms with Crippen LogP contribution in [0.4, 0.5) is 0 Å². The predicted octanol–water partition coefficient (Wildman–Crippen LogP) is 5.36. The second-order valence-corrected chi connectivity index (χ2v) is 6.83. The Labute approximate surface area is 154 Å². The van der Waals surface area contributed by atoms with Crippen LogP contribution in [0.5, 0.6) is 0 Å². The molecule has 0 bridgehead atoms. The molecule has 2 heterocycles. The fourth-order valence-corrected chi connectivity index (χ4v) is 3.65. The molecule has 0 aliphatic carbocycles. The SMILES string of the molecule is Cl.Clc1ccc(Cn2c(CN3CCCC3)cc3ccccc32)cc1. The van der Waals surface area contributed by atoms with E-state index in [1.807, 2.05) is 12.1 Å². The fraction of sp³-hybridized carbons (Fsp3) is 0.300. The largest absolute Gasteiger partial charge is 0.339 e. The molecule has 0 radical (unpaired) electrons. The molecule has 1 saturated heterocycles. The van der Waals surface area contributed by atoms with E-state index in [0.717, 1.165) is 18.1 Å². The maximum atomic E-state index is 6.02. The van der Waals surface area contributed by atoms with Crippen LogP contribution in [0.25, 0.3) is 10.9 Å². The normalized spacial score (nSPS) is 14.9. The van der Waals surface area contributed by atoms with Gasteiger partial charge in [0, 0.05) is 29.3 Å². The summed E-state index contributed by atoms with van der Waals surface area (Å²) in [6, 6.07) is 19.2. The van der Waals surface area contributed by atoms with Gasteiger partial charge in [-0.2, -0.15) is 0 Å². The van der Waals surface area contributed by atoms with Crippen molar-refractivity contribution in [2.45, 2.75) is 25.9 Å². The minimum atomic E-state index is 0. The van der Waals surface area contributed by atoms with Gasteiger partial charge in [-0.1, -0.05) is 41.9 Å². The van der Waals surface area contributed by atoms with Crippen molar-refractivity contribution in [3.8, 4) is 0 Å². The third-order valence-electron chi connectivity index (χ3n) is 4.73. The molecule has 1 aliphatic heterocycles. The first-order valence-electron chi connectivity index (χ1n) is 8.33. The number of aromatic nitrogens is 1. The van der Waals surface area contributed by atoms with Crippen LogP contribution in [0.1, 0.15) is 24.1 Å². The first-order valence-corrected chi connectivity index (χ1v) is 8.71. The molecule has 1 aromatic heterocycles. The van der Waals surface area contributed by atoms with E-state index in [4.69, 9.17) is 11.6 Å². The molecule has 0 amide bonds. The zero-order valence-corrected chi connectivity index (χ0v) is 15.2. The lowest BCUT2D eigenvalue weighted by atomic mass is 10.2. The topological polar surface area (TPSA) is 8.17 Å². The highest BCUT2D eigenvalue weighted by atomic mass is 35.5. The van der Waals surface area contributed by atoms with Crippen LogP contribution in [0.3, 0.4) is 0 Å². The van der Waals surface area contributed by atoms with Crippen LogP contribution >= 0.6 is 24.0 Å². The molecule has 2 aromatic carbocycles. The molecule has 0 spiro atoms. The smallest absolute Gasteiger partial charge is 0.0486 e. The molecule has 126 valence electrons. The molecule has 1 aliphatic rings.